The van der Waals surface area contributed by atoms with E-state index in [2.05, 4.69) is 18.3 Å². The van der Waals surface area contributed by atoms with Gasteiger partial charge in [0.25, 0.3) is 0 Å². The van der Waals surface area contributed by atoms with E-state index in [1.165, 1.54) is 24.7 Å². The summed E-state index contributed by atoms with van der Waals surface area (Å²) in [6, 6.07) is 5.50. The van der Waals surface area contributed by atoms with Gasteiger partial charge in [0.1, 0.15) is 6.04 Å². The van der Waals surface area contributed by atoms with E-state index in [-0.39, 0.29) is 17.8 Å². The summed E-state index contributed by atoms with van der Waals surface area (Å²) in [4.78, 5) is 24.5. The number of amides is 1. The molecule has 1 aromatic rings. The minimum Gasteiger partial charge on any atom is -0.467 e. The molecule has 1 aromatic carbocycles. The Balaban J connectivity index is 2.05. The molecule has 1 N–H and O–H groups in total. The van der Waals surface area contributed by atoms with Crippen molar-refractivity contribution in [2.45, 2.75) is 58.4 Å². The number of carbonyl (C=O) groups is 2. The Morgan fingerprint density at radius 1 is 1.17 bits per heavy atom. The topological polar surface area (TPSA) is 55.4 Å². The Morgan fingerprint density at radius 2 is 1.87 bits per heavy atom. The van der Waals surface area contributed by atoms with E-state index in [0.29, 0.717) is 6.42 Å². The lowest BCUT2D eigenvalue weighted by atomic mass is 9.88. The van der Waals surface area contributed by atoms with E-state index < -0.39 is 6.04 Å². The number of ether oxygens (including phenoxy) is 1. The molecule has 0 heterocycles. The highest BCUT2D eigenvalue weighted by atomic mass is 16.5. The van der Waals surface area contributed by atoms with Crippen LogP contribution in [-0.4, -0.2) is 25.0 Å². The van der Waals surface area contributed by atoms with Crippen LogP contribution in [0.3, 0.4) is 0 Å². The molecule has 1 aliphatic carbocycles. The minimum absolute atomic E-state index is 0.0102. The van der Waals surface area contributed by atoms with Gasteiger partial charge in [-0.1, -0.05) is 37.5 Å². The third kappa shape index (κ3) is 4.81. The first kappa shape index (κ1) is 17.5. The van der Waals surface area contributed by atoms with Crippen LogP contribution in [-0.2, 0) is 20.7 Å². The molecule has 0 saturated heterocycles. The molecule has 0 radical (unpaired) electrons. The zero-order valence-corrected chi connectivity index (χ0v) is 14.4. The molecule has 1 aliphatic rings. The van der Waals surface area contributed by atoms with Gasteiger partial charge in [-0.2, -0.15) is 0 Å². The van der Waals surface area contributed by atoms with E-state index in [1.54, 1.807) is 0 Å². The molecule has 0 aliphatic heterocycles. The average Bonchev–Trinajstić information content (AvgIpc) is 2.57. The quantitative estimate of drug-likeness (QED) is 0.849. The second-order valence-corrected chi connectivity index (χ2v) is 6.54. The highest BCUT2D eigenvalue weighted by molar-refractivity contribution is 5.86. The third-order valence-corrected chi connectivity index (χ3v) is 4.79. The van der Waals surface area contributed by atoms with Crippen molar-refractivity contribution in [1.82, 2.24) is 5.32 Å². The van der Waals surface area contributed by atoms with Crippen LogP contribution in [0.1, 0.15) is 48.8 Å². The van der Waals surface area contributed by atoms with E-state index in [4.69, 9.17) is 4.74 Å². The molecular weight excluding hydrogens is 290 g/mol. The molecule has 1 atom stereocenters. The van der Waals surface area contributed by atoms with Crippen LogP contribution in [0.2, 0.25) is 0 Å². The summed E-state index contributed by atoms with van der Waals surface area (Å²) >= 11 is 0. The van der Waals surface area contributed by atoms with Crippen LogP contribution in [0.4, 0.5) is 0 Å². The largest absolute Gasteiger partial charge is 0.467 e. The van der Waals surface area contributed by atoms with Crippen molar-refractivity contribution < 1.29 is 14.3 Å². The second kappa shape index (κ2) is 8.14. The maximum Gasteiger partial charge on any atom is 0.328 e. The Labute approximate surface area is 138 Å². The number of nitrogens with one attached hydrogen (secondary N) is 1. The van der Waals surface area contributed by atoms with Crippen molar-refractivity contribution in [3.63, 3.8) is 0 Å². The second-order valence-electron chi connectivity index (χ2n) is 6.54. The first-order valence-electron chi connectivity index (χ1n) is 8.45. The van der Waals surface area contributed by atoms with Crippen LogP contribution in [0.15, 0.2) is 18.2 Å². The monoisotopic (exact) mass is 317 g/mol. The zero-order valence-electron chi connectivity index (χ0n) is 14.4. The molecule has 1 fully saturated rings. The molecule has 0 bridgehead atoms. The zero-order chi connectivity index (χ0) is 16.8. The summed E-state index contributed by atoms with van der Waals surface area (Å²) in [5, 5.41) is 2.91. The van der Waals surface area contributed by atoms with Crippen LogP contribution in [0, 0.1) is 19.8 Å². The van der Waals surface area contributed by atoms with Gasteiger partial charge in [-0.25, -0.2) is 4.79 Å². The van der Waals surface area contributed by atoms with Gasteiger partial charge in [-0.15, -0.1) is 0 Å². The van der Waals surface area contributed by atoms with Gasteiger partial charge >= 0.3 is 5.97 Å². The van der Waals surface area contributed by atoms with Crippen molar-refractivity contribution in [3.05, 3.63) is 34.9 Å². The maximum atomic E-state index is 12.4. The highest BCUT2D eigenvalue weighted by Gasteiger charge is 2.27. The van der Waals surface area contributed by atoms with Gasteiger partial charge in [0.15, 0.2) is 0 Å². The van der Waals surface area contributed by atoms with Crippen molar-refractivity contribution >= 4 is 11.9 Å². The Bertz CT molecular complexity index is 562. The van der Waals surface area contributed by atoms with Gasteiger partial charge in [0, 0.05) is 12.3 Å². The molecule has 0 aromatic heterocycles. The van der Waals surface area contributed by atoms with Gasteiger partial charge in [0.2, 0.25) is 5.91 Å². The van der Waals surface area contributed by atoms with Crippen LogP contribution >= 0.6 is 0 Å². The molecule has 2 rings (SSSR count). The Hall–Kier alpha value is -1.84. The van der Waals surface area contributed by atoms with Crippen molar-refractivity contribution in [2.75, 3.05) is 7.11 Å². The predicted octanol–water partition coefficient (Wildman–Crippen LogP) is 3.08. The first-order chi connectivity index (χ1) is 11.0. The molecule has 4 heteroatoms. The molecule has 23 heavy (non-hydrogen) atoms. The smallest absolute Gasteiger partial charge is 0.328 e. The fourth-order valence-corrected chi connectivity index (χ4v) is 3.16. The van der Waals surface area contributed by atoms with Crippen LogP contribution in [0.25, 0.3) is 0 Å². The number of methoxy groups -OCH3 is 1. The fraction of sp³-hybridized carbons (Fsp3) is 0.579. The lowest BCUT2D eigenvalue weighted by Crippen LogP contribution is -2.45. The average molecular weight is 317 g/mol. The SMILES string of the molecule is COC(=O)[C@@H](Cc1ccc(C)c(C)c1)NC(=O)C1CCCCC1. The Morgan fingerprint density at radius 3 is 2.48 bits per heavy atom. The molecule has 0 spiro atoms. The number of esters is 1. The summed E-state index contributed by atoms with van der Waals surface area (Å²) < 4.78 is 4.87. The Kier molecular flexibility index (Phi) is 6.20. The molecule has 1 saturated carbocycles. The molecule has 4 nitrogen and oxygen atoms in total. The lowest BCUT2D eigenvalue weighted by Gasteiger charge is -2.24. The van der Waals surface area contributed by atoms with Gasteiger partial charge in [-0.3, -0.25) is 4.79 Å². The molecule has 126 valence electrons. The number of hydrogen-bond acceptors (Lipinski definition) is 3. The first-order valence-corrected chi connectivity index (χ1v) is 8.45. The van der Waals surface area contributed by atoms with E-state index in [0.717, 1.165) is 31.2 Å². The number of rotatable bonds is 5. The van der Waals surface area contributed by atoms with Crippen molar-refractivity contribution in [3.8, 4) is 0 Å². The number of carbonyl (C=O) groups excluding carboxylic acids is 2. The fourth-order valence-electron chi connectivity index (χ4n) is 3.16. The van der Waals surface area contributed by atoms with Gasteiger partial charge < -0.3 is 10.1 Å². The molecule has 0 unspecified atom stereocenters. The van der Waals surface area contributed by atoms with Crippen molar-refractivity contribution in [2.24, 2.45) is 5.92 Å². The standard InChI is InChI=1S/C19H27NO3/c1-13-9-10-15(11-14(13)2)12-17(19(22)23-3)20-18(21)16-7-5-4-6-8-16/h9-11,16-17H,4-8,12H2,1-3H3,(H,20,21)/t17-/m1/s1. The number of aryl methyl sites for hydroxylation is 2. The summed E-state index contributed by atoms with van der Waals surface area (Å²) in [7, 11) is 1.36. The summed E-state index contributed by atoms with van der Waals surface area (Å²) in [6.07, 6.45) is 5.70. The molecule has 1 amide bonds. The normalized spacial score (nSPS) is 16.7. The number of benzene rings is 1. The van der Waals surface area contributed by atoms with Gasteiger partial charge in [0.05, 0.1) is 7.11 Å². The minimum atomic E-state index is -0.614. The highest BCUT2D eigenvalue weighted by Crippen LogP contribution is 2.24. The maximum absolute atomic E-state index is 12.4. The number of hydrogen-bond donors (Lipinski definition) is 1. The molecular formula is C19H27NO3. The summed E-state index contributed by atoms with van der Waals surface area (Å²) in [5.41, 5.74) is 3.44. The van der Waals surface area contributed by atoms with Crippen LogP contribution in [0.5, 0.6) is 0 Å². The predicted molar refractivity (Wildman–Crippen MR) is 90.1 cm³/mol. The van der Waals surface area contributed by atoms with Gasteiger partial charge in [-0.05, 0) is 43.4 Å². The van der Waals surface area contributed by atoms with E-state index in [9.17, 15) is 9.59 Å². The lowest BCUT2D eigenvalue weighted by molar-refractivity contribution is -0.145. The summed E-state index contributed by atoms with van der Waals surface area (Å²) in [5.74, 6) is -0.355. The van der Waals surface area contributed by atoms with E-state index in [1.807, 2.05) is 19.1 Å². The van der Waals surface area contributed by atoms with Crippen LogP contribution < -0.4 is 5.32 Å². The van der Waals surface area contributed by atoms with E-state index >= 15 is 0 Å². The van der Waals surface area contributed by atoms with Crippen molar-refractivity contribution in [1.29, 1.82) is 0 Å². The summed E-state index contributed by atoms with van der Waals surface area (Å²) in [6.45, 7) is 4.11. The third-order valence-electron chi connectivity index (χ3n) is 4.79.